The van der Waals surface area contributed by atoms with Crippen molar-refractivity contribution in [2.24, 2.45) is 5.92 Å². The summed E-state index contributed by atoms with van der Waals surface area (Å²) < 4.78 is 53.3. The first-order valence-electron chi connectivity index (χ1n) is 7.03. The second-order valence-electron chi connectivity index (χ2n) is 5.97. The monoisotopic (exact) mass is 304 g/mol. The Kier molecular flexibility index (Phi) is 4.46. The summed E-state index contributed by atoms with van der Waals surface area (Å²) in [5.74, 6) is 0.323. The Bertz CT molecular complexity index is 485. The molecule has 1 unspecified atom stereocenters. The molecule has 1 aliphatic heterocycles. The van der Waals surface area contributed by atoms with Gasteiger partial charge in [0.25, 0.3) is 0 Å². The van der Waals surface area contributed by atoms with Crippen molar-refractivity contribution in [1.82, 2.24) is 5.32 Å². The predicted octanol–water partition coefficient (Wildman–Crippen LogP) is 3.93. The van der Waals surface area contributed by atoms with Crippen molar-refractivity contribution in [2.75, 3.05) is 25.0 Å². The maximum Gasteiger partial charge on any atom is 0.418 e. The van der Waals surface area contributed by atoms with Gasteiger partial charge in [-0.05, 0) is 57.0 Å². The third-order valence-electron chi connectivity index (χ3n) is 3.75. The van der Waals surface area contributed by atoms with Gasteiger partial charge in [-0.25, -0.2) is 4.39 Å². The van der Waals surface area contributed by atoms with Gasteiger partial charge in [0.15, 0.2) is 0 Å². The molecule has 0 spiro atoms. The molecule has 21 heavy (non-hydrogen) atoms. The minimum Gasteiger partial charge on any atom is -0.384 e. The summed E-state index contributed by atoms with van der Waals surface area (Å²) >= 11 is 0. The highest BCUT2D eigenvalue weighted by atomic mass is 19.4. The zero-order valence-corrected chi connectivity index (χ0v) is 12.1. The van der Waals surface area contributed by atoms with Crippen molar-refractivity contribution in [3.8, 4) is 0 Å². The largest absolute Gasteiger partial charge is 0.418 e. The lowest BCUT2D eigenvalue weighted by Gasteiger charge is -2.21. The van der Waals surface area contributed by atoms with E-state index >= 15 is 0 Å². The van der Waals surface area contributed by atoms with Gasteiger partial charge in [-0.1, -0.05) is 6.07 Å². The molecule has 0 radical (unpaired) electrons. The molecule has 1 heterocycles. The molecule has 118 valence electrons. The lowest BCUT2D eigenvalue weighted by molar-refractivity contribution is -0.137. The summed E-state index contributed by atoms with van der Waals surface area (Å²) in [4.78, 5) is 0. The average Bonchev–Trinajstić information content (AvgIpc) is 2.87. The summed E-state index contributed by atoms with van der Waals surface area (Å²) in [6.07, 6.45) is -3.55. The topological polar surface area (TPSA) is 24.1 Å². The van der Waals surface area contributed by atoms with Gasteiger partial charge in [0, 0.05) is 12.2 Å². The van der Waals surface area contributed by atoms with Gasteiger partial charge in [-0.15, -0.1) is 0 Å². The van der Waals surface area contributed by atoms with E-state index in [1.54, 1.807) is 0 Å². The summed E-state index contributed by atoms with van der Waals surface area (Å²) in [5, 5.41) is 6.03. The van der Waals surface area contributed by atoms with Crippen molar-refractivity contribution in [1.29, 1.82) is 0 Å². The quantitative estimate of drug-likeness (QED) is 0.824. The minimum atomic E-state index is -4.50. The van der Waals surface area contributed by atoms with Crippen LogP contribution in [0.1, 0.15) is 31.4 Å². The second kappa shape index (κ2) is 5.83. The molecule has 1 atom stereocenters. The molecular weight excluding hydrogens is 284 g/mol. The van der Waals surface area contributed by atoms with Crippen LogP contribution in [-0.2, 0) is 11.8 Å². The van der Waals surface area contributed by atoms with Crippen molar-refractivity contribution in [2.45, 2.75) is 32.1 Å². The van der Waals surface area contributed by atoms with Gasteiger partial charge in [0.05, 0.1) is 5.56 Å². The number of hydrogen-bond donors (Lipinski definition) is 2. The first kappa shape index (κ1) is 16.1. The van der Waals surface area contributed by atoms with E-state index in [9.17, 15) is 17.6 Å². The van der Waals surface area contributed by atoms with Gasteiger partial charge in [0.2, 0.25) is 0 Å². The summed E-state index contributed by atoms with van der Waals surface area (Å²) in [6, 6.07) is 3.63. The smallest absolute Gasteiger partial charge is 0.384 e. The molecule has 1 aromatic rings. The van der Waals surface area contributed by atoms with Crippen LogP contribution in [-0.4, -0.2) is 19.6 Å². The molecule has 0 aromatic heterocycles. The lowest BCUT2D eigenvalue weighted by atomic mass is 9.96. The van der Waals surface area contributed by atoms with Crippen molar-refractivity contribution >= 4 is 5.69 Å². The highest BCUT2D eigenvalue weighted by Crippen LogP contribution is 2.38. The third-order valence-corrected chi connectivity index (χ3v) is 3.75. The highest BCUT2D eigenvalue weighted by molar-refractivity contribution is 5.55. The van der Waals surface area contributed by atoms with Gasteiger partial charge >= 0.3 is 6.18 Å². The van der Waals surface area contributed by atoms with E-state index in [-0.39, 0.29) is 11.3 Å². The second-order valence-corrected chi connectivity index (χ2v) is 5.97. The van der Waals surface area contributed by atoms with Crippen molar-refractivity contribution < 1.29 is 17.6 Å². The molecule has 0 aliphatic carbocycles. The van der Waals surface area contributed by atoms with E-state index in [0.29, 0.717) is 12.5 Å². The maximum absolute atomic E-state index is 13.9. The molecule has 1 fully saturated rings. The fraction of sp³-hybridized carbons (Fsp3) is 0.600. The van der Waals surface area contributed by atoms with Crippen LogP contribution in [0.5, 0.6) is 0 Å². The van der Waals surface area contributed by atoms with E-state index in [4.69, 9.17) is 0 Å². The van der Waals surface area contributed by atoms with Crippen LogP contribution >= 0.6 is 0 Å². The first-order chi connectivity index (χ1) is 9.68. The van der Waals surface area contributed by atoms with Crippen LogP contribution in [0.4, 0.5) is 23.2 Å². The van der Waals surface area contributed by atoms with E-state index in [1.165, 1.54) is 26.0 Å². The standard InChI is InChI=1S/C15H20F4N2/c1-14(2,16)11-3-4-13(12(7-11)15(17,18)19)21-9-10-5-6-20-8-10/h3-4,7,10,20-21H,5-6,8-9H2,1-2H3. The van der Waals surface area contributed by atoms with Gasteiger partial charge in [-0.3, -0.25) is 0 Å². The normalized spacial score (nSPS) is 19.8. The number of benzene rings is 1. The Labute approximate surface area is 121 Å². The highest BCUT2D eigenvalue weighted by Gasteiger charge is 2.35. The Morgan fingerprint density at radius 3 is 2.48 bits per heavy atom. The molecule has 1 saturated heterocycles. The zero-order chi connectivity index (χ0) is 15.7. The number of anilines is 1. The van der Waals surface area contributed by atoms with Crippen LogP contribution in [0, 0.1) is 5.92 Å². The molecule has 1 aromatic carbocycles. The van der Waals surface area contributed by atoms with E-state index < -0.39 is 17.4 Å². The summed E-state index contributed by atoms with van der Waals surface area (Å²) in [7, 11) is 0. The predicted molar refractivity (Wildman–Crippen MR) is 75.0 cm³/mol. The molecule has 1 aliphatic rings. The maximum atomic E-state index is 13.9. The lowest BCUT2D eigenvalue weighted by Crippen LogP contribution is -2.20. The molecule has 6 heteroatoms. The number of hydrogen-bond acceptors (Lipinski definition) is 2. The summed E-state index contributed by atoms with van der Waals surface area (Å²) in [6.45, 7) is 4.69. The molecule has 0 saturated carbocycles. The summed E-state index contributed by atoms with van der Waals surface area (Å²) in [5.41, 5.74) is -2.56. The van der Waals surface area contributed by atoms with Crippen LogP contribution in [0.25, 0.3) is 0 Å². The Balaban J connectivity index is 2.23. The van der Waals surface area contributed by atoms with Crippen molar-refractivity contribution in [3.05, 3.63) is 29.3 Å². The van der Waals surface area contributed by atoms with Crippen LogP contribution < -0.4 is 10.6 Å². The molecule has 2 nitrogen and oxygen atoms in total. The molecule has 2 rings (SSSR count). The van der Waals surface area contributed by atoms with E-state index in [0.717, 1.165) is 25.6 Å². The third kappa shape index (κ3) is 4.09. The Morgan fingerprint density at radius 2 is 1.95 bits per heavy atom. The van der Waals surface area contributed by atoms with Crippen LogP contribution in [0.2, 0.25) is 0 Å². The van der Waals surface area contributed by atoms with E-state index in [1.807, 2.05) is 0 Å². The molecule has 2 N–H and O–H groups in total. The fourth-order valence-corrected chi connectivity index (χ4v) is 2.45. The van der Waals surface area contributed by atoms with E-state index in [2.05, 4.69) is 10.6 Å². The first-order valence-corrected chi connectivity index (χ1v) is 7.03. The fourth-order valence-electron chi connectivity index (χ4n) is 2.45. The molecule has 0 bridgehead atoms. The van der Waals surface area contributed by atoms with Crippen LogP contribution in [0.3, 0.4) is 0 Å². The van der Waals surface area contributed by atoms with Crippen molar-refractivity contribution in [3.63, 3.8) is 0 Å². The molecule has 0 amide bonds. The Morgan fingerprint density at radius 1 is 1.24 bits per heavy atom. The number of rotatable bonds is 4. The Hall–Kier alpha value is -1.30. The van der Waals surface area contributed by atoms with Gasteiger partial charge in [0.1, 0.15) is 5.67 Å². The number of halogens is 4. The average molecular weight is 304 g/mol. The van der Waals surface area contributed by atoms with Gasteiger partial charge in [-0.2, -0.15) is 13.2 Å². The molecular formula is C15H20F4N2. The number of alkyl halides is 4. The number of nitrogens with one attached hydrogen (secondary N) is 2. The zero-order valence-electron chi connectivity index (χ0n) is 12.1. The minimum absolute atomic E-state index is 0.0161. The van der Waals surface area contributed by atoms with Crippen LogP contribution in [0.15, 0.2) is 18.2 Å². The SMILES string of the molecule is CC(C)(F)c1ccc(NCC2CCNC2)c(C(F)(F)F)c1. The van der Waals surface area contributed by atoms with Gasteiger partial charge < -0.3 is 10.6 Å².